The summed E-state index contributed by atoms with van der Waals surface area (Å²) in [6, 6.07) is 6.80. The maximum Gasteiger partial charge on any atom is 0.175 e. The lowest BCUT2D eigenvalue weighted by Gasteiger charge is -2.09. The lowest BCUT2D eigenvalue weighted by Crippen LogP contribution is -2.08. The number of phenols is 1. The first kappa shape index (κ1) is 13.3. The van der Waals surface area contributed by atoms with Gasteiger partial charge in [0, 0.05) is 11.3 Å². The minimum atomic E-state index is 0.103. The van der Waals surface area contributed by atoms with E-state index in [1.165, 1.54) is 0 Å². The number of anilines is 1. The van der Waals surface area contributed by atoms with Crippen molar-refractivity contribution in [3.8, 4) is 5.75 Å². The summed E-state index contributed by atoms with van der Waals surface area (Å²) in [5, 5.41) is 17.5. The number of hydrogen-bond donors (Lipinski definition) is 2. The van der Waals surface area contributed by atoms with E-state index in [1.54, 1.807) is 38.1 Å². The van der Waals surface area contributed by atoms with Gasteiger partial charge in [-0.05, 0) is 26.0 Å². The molecule has 0 spiro atoms. The number of hydrogen-bond acceptors (Lipinski definition) is 5. The number of rotatable bonds is 2. The quantitative estimate of drug-likeness (QED) is 0.826. The van der Waals surface area contributed by atoms with E-state index in [9.17, 15) is 5.11 Å². The highest BCUT2D eigenvalue weighted by atomic mass is 35.5. The average Bonchev–Trinajstić information content (AvgIpc) is 2.37. The Bertz CT molecular complexity index is 655. The monoisotopic (exact) mass is 276 g/mol. The molecule has 2 rings (SSSR count). The standard InChI is InChI=1S/C13H13ClN4O/c1-7(16-9-5-3-4-6-10(9)19)11-8(2)17-18-13(14)12(11)15/h3-6,19H,1-2H3,(H2,15,17). The normalized spacial score (nSPS) is 11.6. The third-order valence-corrected chi connectivity index (χ3v) is 2.95. The Balaban J connectivity index is 2.54. The summed E-state index contributed by atoms with van der Waals surface area (Å²) < 4.78 is 0. The van der Waals surface area contributed by atoms with E-state index in [1.807, 2.05) is 0 Å². The van der Waals surface area contributed by atoms with Crippen molar-refractivity contribution in [2.75, 3.05) is 5.73 Å². The molecule has 0 fully saturated rings. The van der Waals surface area contributed by atoms with Crippen LogP contribution < -0.4 is 5.73 Å². The summed E-state index contributed by atoms with van der Waals surface area (Å²) in [4.78, 5) is 4.35. The second kappa shape index (κ2) is 5.24. The predicted octanol–water partition coefficient (Wildman–Crippen LogP) is 2.87. The van der Waals surface area contributed by atoms with Crippen LogP contribution in [0.3, 0.4) is 0 Å². The van der Waals surface area contributed by atoms with Gasteiger partial charge in [0.1, 0.15) is 11.4 Å². The Hall–Kier alpha value is -2.14. The fraction of sp³-hybridized carbons (Fsp3) is 0.154. The molecule has 98 valence electrons. The molecule has 0 aliphatic heterocycles. The minimum Gasteiger partial charge on any atom is -0.506 e. The summed E-state index contributed by atoms with van der Waals surface area (Å²) >= 11 is 5.86. The SMILES string of the molecule is CC(=Nc1ccccc1O)c1c(C)nnc(Cl)c1N. The Morgan fingerprint density at radius 1 is 1.32 bits per heavy atom. The van der Waals surface area contributed by atoms with Gasteiger partial charge in [-0.15, -0.1) is 5.10 Å². The van der Waals surface area contributed by atoms with E-state index in [4.69, 9.17) is 17.3 Å². The van der Waals surface area contributed by atoms with Gasteiger partial charge in [0.2, 0.25) is 0 Å². The van der Waals surface area contributed by atoms with Gasteiger partial charge < -0.3 is 10.8 Å². The topological polar surface area (TPSA) is 84.4 Å². The summed E-state index contributed by atoms with van der Waals surface area (Å²) in [5.74, 6) is 0.103. The van der Waals surface area contributed by atoms with E-state index < -0.39 is 0 Å². The Morgan fingerprint density at radius 3 is 2.68 bits per heavy atom. The smallest absolute Gasteiger partial charge is 0.175 e. The predicted molar refractivity (Wildman–Crippen MR) is 76.2 cm³/mol. The second-order valence-electron chi connectivity index (χ2n) is 4.05. The molecule has 1 aromatic carbocycles. The van der Waals surface area contributed by atoms with Crippen molar-refractivity contribution in [2.24, 2.45) is 4.99 Å². The summed E-state index contributed by atoms with van der Waals surface area (Å²) in [6.07, 6.45) is 0. The van der Waals surface area contributed by atoms with Crippen molar-refractivity contribution < 1.29 is 5.11 Å². The number of nitrogens with two attached hydrogens (primary N) is 1. The van der Waals surface area contributed by atoms with Gasteiger partial charge >= 0.3 is 0 Å². The van der Waals surface area contributed by atoms with E-state index in [2.05, 4.69) is 15.2 Å². The molecule has 3 N–H and O–H groups in total. The molecule has 0 saturated carbocycles. The molecule has 0 atom stereocenters. The molecular formula is C13H13ClN4O. The highest BCUT2D eigenvalue weighted by Gasteiger charge is 2.13. The molecule has 0 unspecified atom stereocenters. The molecular weight excluding hydrogens is 264 g/mol. The first-order chi connectivity index (χ1) is 9.00. The van der Waals surface area contributed by atoms with Crippen LogP contribution in [0.4, 0.5) is 11.4 Å². The van der Waals surface area contributed by atoms with Crippen molar-refractivity contribution in [1.29, 1.82) is 0 Å². The van der Waals surface area contributed by atoms with Crippen molar-refractivity contribution in [3.05, 3.63) is 40.7 Å². The number of phenolic OH excluding ortho intramolecular Hbond substituents is 1. The highest BCUT2D eigenvalue weighted by molar-refractivity contribution is 6.32. The molecule has 2 aromatic rings. The molecule has 1 heterocycles. The summed E-state index contributed by atoms with van der Waals surface area (Å²) in [7, 11) is 0. The molecule has 0 bridgehead atoms. The van der Waals surface area contributed by atoms with Crippen LogP contribution >= 0.6 is 11.6 Å². The number of aromatic hydroxyl groups is 1. The fourth-order valence-electron chi connectivity index (χ4n) is 1.77. The highest BCUT2D eigenvalue weighted by Crippen LogP contribution is 2.28. The first-order valence-electron chi connectivity index (χ1n) is 5.62. The lowest BCUT2D eigenvalue weighted by atomic mass is 10.1. The van der Waals surface area contributed by atoms with Crippen molar-refractivity contribution in [3.63, 3.8) is 0 Å². The molecule has 0 amide bonds. The second-order valence-corrected chi connectivity index (χ2v) is 4.41. The molecule has 6 heteroatoms. The number of para-hydroxylation sites is 2. The summed E-state index contributed by atoms with van der Waals surface area (Å²) in [6.45, 7) is 3.56. The largest absolute Gasteiger partial charge is 0.506 e. The zero-order valence-corrected chi connectivity index (χ0v) is 11.3. The number of nitrogen functional groups attached to an aromatic ring is 1. The molecule has 0 aliphatic rings. The number of aryl methyl sites for hydroxylation is 1. The first-order valence-corrected chi connectivity index (χ1v) is 6.00. The van der Waals surface area contributed by atoms with Gasteiger partial charge in [0.15, 0.2) is 5.15 Å². The molecule has 1 aromatic heterocycles. The van der Waals surface area contributed by atoms with E-state index in [-0.39, 0.29) is 10.9 Å². The van der Waals surface area contributed by atoms with Gasteiger partial charge in [0.25, 0.3) is 0 Å². The summed E-state index contributed by atoms with van der Waals surface area (Å²) in [5.41, 5.74) is 8.60. The molecule has 0 radical (unpaired) electrons. The van der Waals surface area contributed by atoms with Crippen molar-refractivity contribution in [2.45, 2.75) is 13.8 Å². The number of benzene rings is 1. The van der Waals surface area contributed by atoms with Crippen LogP contribution in [-0.2, 0) is 0 Å². The zero-order valence-electron chi connectivity index (χ0n) is 10.6. The van der Waals surface area contributed by atoms with Gasteiger partial charge in [-0.3, -0.25) is 0 Å². The molecule has 0 saturated heterocycles. The average molecular weight is 277 g/mol. The van der Waals surface area contributed by atoms with Gasteiger partial charge in [0.05, 0.1) is 11.4 Å². The van der Waals surface area contributed by atoms with Crippen molar-refractivity contribution >= 4 is 28.7 Å². The van der Waals surface area contributed by atoms with Crippen molar-refractivity contribution in [1.82, 2.24) is 10.2 Å². The number of aromatic nitrogens is 2. The molecule has 0 aliphatic carbocycles. The van der Waals surface area contributed by atoms with Crippen LogP contribution in [0.5, 0.6) is 5.75 Å². The van der Waals surface area contributed by atoms with Crippen LogP contribution in [0.25, 0.3) is 0 Å². The number of nitrogens with zero attached hydrogens (tertiary/aromatic N) is 3. The van der Waals surface area contributed by atoms with E-state index in [0.29, 0.717) is 28.3 Å². The maximum atomic E-state index is 9.71. The van der Waals surface area contributed by atoms with Gasteiger partial charge in [-0.25, -0.2) is 4.99 Å². The van der Waals surface area contributed by atoms with Crippen LogP contribution in [0, 0.1) is 6.92 Å². The van der Waals surface area contributed by atoms with Crippen LogP contribution in [0.2, 0.25) is 5.15 Å². The fourth-order valence-corrected chi connectivity index (χ4v) is 1.91. The van der Waals surface area contributed by atoms with E-state index in [0.717, 1.165) is 0 Å². The van der Waals surface area contributed by atoms with Crippen LogP contribution in [-0.4, -0.2) is 21.0 Å². The Labute approximate surface area is 115 Å². The zero-order chi connectivity index (χ0) is 14.0. The maximum absolute atomic E-state index is 9.71. The third-order valence-electron chi connectivity index (χ3n) is 2.67. The third kappa shape index (κ3) is 2.66. The number of aliphatic imine (C=N–C) groups is 1. The molecule has 5 nitrogen and oxygen atoms in total. The lowest BCUT2D eigenvalue weighted by molar-refractivity contribution is 0.477. The van der Waals surface area contributed by atoms with E-state index >= 15 is 0 Å². The Kier molecular flexibility index (Phi) is 3.66. The molecule has 19 heavy (non-hydrogen) atoms. The van der Waals surface area contributed by atoms with Gasteiger partial charge in [-0.2, -0.15) is 5.10 Å². The Morgan fingerprint density at radius 2 is 2.00 bits per heavy atom. The van der Waals surface area contributed by atoms with Crippen LogP contribution in [0.15, 0.2) is 29.3 Å². The number of halogens is 1. The van der Waals surface area contributed by atoms with Crippen LogP contribution in [0.1, 0.15) is 18.2 Å². The van der Waals surface area contributed by atoms with Gasteiger partial charge in [-0.1, -0.05) is 23.7 Å². The minimum absolute atomic E-state index is 0.103.